The first kappa shape index (κ1) is 11.0. The maximum atomic E-state index is 5.23. The van der Waals surface area contributed by atoms with Crippen molar-refractivity contribution in [3.05, 3.63) is 17.6 Å². The molecule has 1 saturated heterocycles. The molecule has 3 rings (SSSR count). The number of aryl methyl sites for hydroxylation is 1. The van der Waals surface area contributed by atoms with Crippen LogP contribution in [0, 0.1) is 18.8 Å². The van der Waals surface area contributed by atoms with Gasteiger partial charge in [0.15, 0.2) is 0 Å². The van der Waals surface area contributed by atoms with Gasteiger partial charge in [-0.1, -0.05) is 0 Å². The minimum atomic E-state index is 0.529. The minimum Gasteiger partial charge on any atom is -0.481 e. The lowest BCUT2D eigenvalue weighted by molar-refractivity contribution is 0.391. The van der Waals surface area contributed by atoms with E-state index in [4.69, 9.17) is 4.74 Å². The Labute approximate surface area is 102 Å². The topological polar surface area (TPSA) is 47.0 Å². The average molecular weight is 233 g/mol. The van der Waals surface area contributed by atoms with Crippen LogP contribution < -0.4 is 10.1 Å². The van der Waals surface area contributed by atoms with Crippen molar-refractivity contribution < 1.29 is 4.74 Å². The van der Waals surface area contributed by atoms with Crippen LogP contribution >= 0.6 is 0 Å². The van der Waals surface area contributed by atoms with E-state index < -0.39 is 0 Å². The molecular weight excluding hydrogens is 214 g/mol. The molecule has 0 aromatic carbocycles. The summed E-state index contributed by atoms with van der Waals surface area (Å²) >= 11 is 0. The lowest BCUT2D eigenvalue weighted by atomic mass is 10.0. The number of nitrogens with zero attached hydrogens (tertiary/aromatic N) is 2. The maximum absolute atomic E-state index is 5.23. The molecule has 0 amide bonds. The van der Waals surface area contributed by atoms with Gasteiger partial charge in [-0.25, -0.2) is 4.98 Å². The summed E-state index contributed by atoms with van der Waals surface area (Å²) < 4.78 is 5.23. The Morgan fingerprint density at radius 2 is 1.94 bits per heavy atom. The Balaban J connectivity index is 1.82. The molecule has 0 radical (unpaired) electrons. The number of methoxy groups -OCH3 is 1. The van der Waals surface area contributed by atoms with E-state index >= 15 is 0 Å². The lowest BCUT2D eigenvalue weighted by Gasteiger charge is -2.11. The molecule has 0 bridgehead atoms. The summed E-state index contributed by atoms with van der Waals surface area (Å²) in [6, 6.07) is 1.89. The summed E-state index contributed by atoms with van der Waals surface area (Å²) in [5.74, 6) is 3.87. The first-order valence-corrected chi connectivity index (χ1v) is 6.36. The zero-order valence-electron chi connectivity index (χ0n) is 10.4. The summed E-state index contributed by atoms with van der Waals surface area (Å²) in [5, 5.41) is 3.46. The van der Waals surface area contributed by atoms with E-state index in [0.29, 0.717) is 11.8 Å². The van der Waals surface area contributed by atoms with Crippen LogP contribution in [0.4, 0.5) is 0 Å². The molecule has 2 fully saturated rings. The van der Waals surface area contributed by atoms with Crippen LogP contribution in [0.15, 0.2) is 6.07 Å². The van der Waals surface area contributed by atoms with Gasteiger partial charge in [0.2, 0.25) is 5.88 Å². The zero-order valence-corrected chi connectivity index (χ0v) is 10.4. The highest BCUT2D eigenvalue weighted by atomic mass is 16.5. The number of hydrogen-bond acceptors (Lipinski definition) is 4. The number of hydrogen-bond donors (Lipinski definition) is 1. The van der Waals surface area contributed by atoms with Crippen LogP contribution in [0.3, 0.4) is 0 Å². The van der Waals surface area contributed by atoms with Gasteiger partial charge in [0, 0.05) is 17.7 Å². The normalized spacial score (nSPS) is 31.5. The summed E-state index contributed by atoms with van der Waals surface area (Å²) in [6.45, 7) is 4.35. The second-order valence-electron chi connectivity index (χ2n) is 5.26. The molecule has 0 spiro atoms. The van der Waals surface area contributed by atoms with E-state index in [2.05, 4.69) is 15.3 Å². The van der Waals surface area contributed by atoms with Gasteiger partial charge in [-0.3, -0.25) is 0 Å². The molecule has 1 N–H and O–H groups in total. The molecule has 2 atom stereocenters. The predicted molar refractivity (Wildman–Crippen MR) is 65.1 cm³/mol. The van der Waals surface area contributed by atoms with Gasteiger partial charge in [-0.05, 0) is 44.7 Å². The largest absolute Gasteiger partial charge is 0.481 e. The zero-order chi connectivity index (χ0) is 11.8. The fourth-order valence-electron chi connectivity index (χ4n) is 3.23. The van der Waals surface area contributed by atoms with Crippen LogP contribution in [0.1, 0.15) is 30.3 Å². The summed E-state index contributed by atoms with van der Waals surface area (Å²) in [4.78, 5) is 9.09. The van der Waals surface area contributed by atoms with Crippen molar-refractivity contribution in [1.82, 2.24) is 15.3 Å². The maximum Gasteiger partial charge on any atom is 0.216 e. The third kappa shape index (κ3) is 2.02. The highest BCUT2D eigenvalue weighted by Crippen LogP contribution is 2.43. The van der Waals surface area contributed by atoms with E-state index in [1.54, 1.807) is 7.11 Å². The van der Waals surface area contributed by atoms with Crippen LogP contribution in [-0.4, -0.2) is 30.2 Å². The van der Waals surface area contributed by atoms with Gasteiger partial charge in [-0.2, -0.15) is 4.98 Å². The molecule has 2 heterocycles. The molecule has 1 saturated carbocycles. The second kappa shape index (κ2) is 4.26. The molecule has 2 aliphatic rings. The van der Waals surface area contributed by atoms with E-state index in [-0.39, 0.29) is 0 Å². The van der Waals surface area contributed by atoms with Gasteiger partial charge < -0.3 is 10.1 Å². The highest BCUT2D eigenvalue weighted by molar-refractivity contribution is 5.18. The number of nitrogens with one attached hydrogen (secondary N) is 1. The van der Waals surface area contributed by atoms with Crippen molar-refractivity contribution in [2.45, 2.75) is 25.7 Å². The van der Waals surface area contributed by atoms with Crippen LogP contribution in [-0.2, 0) is 0 Å². The van der Waals surface area contributed by atoms with Crippen molar-refractivity contribution >= 4 is 0 Å². The van der Waals surface area contributed by atoms with E-state index in [9.17, 15) is 0 Å². The molecule has 1 aliphatic carbocycles. The van der Waals surface area contributed by atoms with Crippen molar-refractivity contribution in [3.63, 3.8) is 0 Å². The Morgan fingerprint density at radius 3 is 2.59 bits per heavy atom. The molecule has 1 aromatic heterocycles. The SMILES string of the molecule is COc1cc(C)nc(C2CC3CNCC3C2)n1. The highest BCUT2D eigenvalue weighted by Gasteiger charge is 2.39. The summed E-state index contributed by atoms with van der Waals surface area (Å²) in [7, 11) is 1.67. The Morgan fingerprint density at radius 1 is 1.24 bits per heavy atom. The first-order valence-electron chi connectivity index (χ1n) is 6.36. The number of ether oxygens (including phenoxy) is 1. The Kier molecular flexibility index (Phi) is 2.74. The smallest absolute Gasteiger partial charge is 0.216 e. The molecule has 4 heteroatoms. The van der Waals surface area contributed by atoms with Crippen molar-refractivity contribution in [3.8, 4) is 5.88 Å². The molecule has 4 nitrogen and oxygen atoms in total. The number of aromatic nitrogens is 2. The van der Waals surface area contributed by atoms with E-state index in [0.717, 1.165) is 23.4 Å². The van der Waals surface area contributed by atoms with Crippen LogP contribution in [0.25, 0.3) is 0 Å². The summed E-state index contributed by atoms with van der Waals surface area (Å²) in [5.41, 5.74) is 1.00. The standard InChI is InChI=1S/C13H19N3O/c1-8-3-12(17-2)16-13(15-8)9-4-10-6-14-7-11(10)5-9/h3,9-11,14H,4-7H2,1-2H3. The Bertz CT molecular complexity index is 409. The average Bonchev–Trinajstić information content (AvgIpc) is 2.88. The number of rotatable bonds is 2. The molecule has 2 unspecified atom stereocenters. The molecule has 92 valence electrons. The van der Waals surface area contributed by atoms with Crippen molar-refractivity contribution in [2.24, 2.45) is 11.8 Å². The third-order valence-electron chi connectivity index (χ3n) is 4.08. The van der Waals surface area contributed by atoms with E-state index in [1.165, 1.54) is 25.9 Å². The van der Waals surface area contributed by atoms with Crippen molar-refractivity contribution in [2.75, 3.05) is 20.2 Å². The lowest BCUT2D eigenvalue weighted by Crippen LogP contribution is -2.12. The first-order chi connectivity index (χ1) is 8.26. The Hall–Kier alpha value is -1.16. The summed E-state index contributed by atoms with van der Waals surface area (Å²) in [6.07, 6.45) is 2.45. The molecule has 1 aliphatic heterocycles. The van der Waals surface area contributed by atoms with Gasteiger partial charge in [0.25, 0.3) is 0 Å². The quantitative estimate of drug-likeness (QED) is 0.841. The van der Waals surface area contributed by atoms with Crippen LogP contribution in [0.2, 0.25) is 0 Å². The molecule has 17 heavy (non-hydrogen) atoms. The molecule has 1 aromatic rings. The fraction of sp³-hybridized carbons (Fsp3) is 0.692. The molecular formula is C13H19N3O. The van der Waals surface area contributed by atoms with E-state index in [1.807, 2.05) is 13.0 Å². The monoisotopic (exact) mass is 233 g/mol. The second-order valence-corrected chi connectivity index (χ2v) is 5.26. The van der Waals surface area contributed by atoms with Gasteiger partial charge in [-0.15, -0.1) is 0 Å². The van der Waals surface area contributed by atoms with Gasteiger partial charge in [0.1, 0.15) is 5.82 Å². The minimum absolute atomic E-state index is 0.529. The fourth-order valence-corrected chi connectivity index (χ4v) is 3.23. The van der Waals surface area contributed by atoms with Gasteiger partial charge in [0.05, 0.1) is 7.11 Å². The predicted octanol–water partition coefficient (Wildman–Crippen LogP) is 1.51. The van der Waals surface area contributed by atoms with Crippen LogP contribution in [0.5, 0.6) is 5.88 Å². The van der Waals surface area contributed by atoms with Gasteiger partial charge >= 0.3 is 0 Å². The number of fused-ring (bicyclic) bond motifs is 1. The van der Waals surface area contributed by atoms with Crippen molar-refractivity contribution in [1.29, 1.82) is 0 Å². The third-order valence-corrected chi connectivity index (χ3v) is 4.08.